The van der Waals surface area contributed by atoms with Gasteiger partial charge in [-0.3, -0.25) is 4.84 Å². The van der Waals surface area contributed by atoms with Gasteiger partial charge in [0.25, 0.3) is 0 Å². The van der Waals surface area contributed by atoms with Crippen LogP contribution in [0, 0.1) is 0 Å². The fourth-order valence-corrected chi connectivity index (χ4v) is 2.78. The van der Waals surface area contributed by atoms with Crippen LogP contribution in [0.25, 0.3) is 6.08 Å². The Morgan fingerprint density at radius 3 is 2.58 bits per heavy atom. The van der Waals surface area contributed by atoms with Crippen LogP contribution in [-0.4, -0.2) is 29.3 Å². The average molecular weight is 458 g/mol. The summed E-state index contributed by atoms with van der Waals surface area (Å²) in [6.07, 6.45) is 3.62. The molecule has 0 aromatic heterocycles. The fraction of sp³-hybridized carbons (Fsp3) is 0.286. The van der Waals surface area contributed by atoms with E-state index in [1.165, 1.54) is 5.06 Å². The number of nitrogens with two attached hydrogens (primary N) is 2. The highest BCUT2D eigenvalue weighted by atomic mass is 79.9. The van der Waals surface area contributed by atoms with E-state index in [-0.39, 0.29) is 30.9 Å². The van der Waals surface area contributed by atoms with Crippen molar-refractivity contribution in [3.63, 3.8) is 0 Å². The predicted molar refractivity (Wildman–Crippen MR) is 106 cm³/mol. The molecule has 0 radical (unpaired) electrons. The summed E-state index contributed by atoms with van der Waals surface area (Å²) in [6, 6.07) is 3.50. The molecule has 0 unspecified atom stereocenters. The number of aliphatic imine (C=N–C) groups is 2. The van der Waals surface area contributed by atoms with Crippen LogP contribution in [0.2, 0.25) is 10.0 Å². The van der Waals surface area contributed by atoms with Crippen LogP contribution < -0.4 is 11.5 Å². The van der Waals surface area contributed by atoms with Crippen molar-refractivity contribution in [2.24, 2.45) is 21.5 Å². The van der Waals surface area contributed by atoms with Crippen LogP contribution in [0.15, 0.2) is 32.7 Å². The van der Waals surface area contributed by atoms with Crippen LogP contribution in [0.3, 0.4) is 0 Å². The number of benzene rings is 1. The van der Waals surface area contributed by atoms with Crippen molar-refractivity contribution in [2.45, 2.75) is 19.5 Å². The van der Waals surface area contributed by atoms with Crippen molar-refractivity contribution < 1.29 is 4.84 Å². The lowest BCUT2D eigenvalue weighted by atomic mass is 10.2. The molecule has 4 N–H and O–H groups in total. The lowest BCUT2D eigenvalue weighted by Crippen LogP contribution is -2.53. The highest BCUT2D eigenvalue weighted by molar-refractivity contribution is 9.10. The smallest absolute Gasteiger partial charge is 0.226 e. The van der Waals surface area contributed by atoms with Gasteiger partial charge in [0.1, 0.15) is 0 Å². The number of hydroxylamine groups is 2. The van der Waals surface area contributed by atoms with Crippen molar-refractivity contribution in [3.8, 4) is 0 Å². The number of hydrogen-bond donors (Lipinski definition) is 2. The van der Waals surface area contributed by atoms with E-state index in [1.54, 1.807) is 12.1 Å². The molecule has 1 aromatic rings. The maximum atomic E-state index is 6.14. The van der Waals surface area contributed by atoms with Gasteiger partial charge >= 0.3 is 0 Å². The van der Waals surface area contributed by atoms with Crippen LogP contribution in [-0.2, 0) is 4.84 Å². The fourth-order valence-electron chi connectivity index (χ4n) is 1.98. The number of nitrogens with zero attached hydrogens (tertiary/aromatic N) is 3. The minimum absolute atomic E-state index is 0. The highest BCUT2D eigenvalue weighted by Crippen LogP contribution is 2.30. The zero-order chi connectivity index (χ0) is 17.2. The van der Waals surface area contributed by atoms with Crippen molar-refractivity contribution in [3.05, 3.63) is 38.3 Å². The van der Waals surface area contributed by atoms with E-state index in [4.69, 9.17) is 39.5 Å². The lowest BCUT2D eigenvalue weighted by molar-refractivity contribution is -0.146. The Balaban J connectivity index is 0.00000288. The van der Waals surface area contributed by atoms with Gasteiger partial charge < -0.3 is 11.5 Å². The Morgan fingerprint density at radius 2 is 1.96 bits per heavy atom. The zero-order valence-electron chi connectivity index (χ0n) is 13.0. The molecule has 0 aliphatic carbocycles. The molecule has 0 atom stereocenters. The molecule has 0 amide bonds. The summed E-state index contributed by atoms with van der Waals surface area (Å²) < 4.78 is 0.766. The van der Waals surface area contributed by atoms with Crippen molar-refractivity contribution in [1.82, 2.24) is 5.06 Å². The monoisotopic (exact) mass is 455 g/mol. The first kappa shape index (κ1) is 21.1. The van der Waals surface area contributed by atoms with Crippen LogP contribution in [0.5, 0.6) is 0 Å². The minimum atomic E-state index is -0.731. The second kappa shape index (κ2) is 8.40. The number of halogens is 4. The summed E-state index contributed by atoms with van der Waals surface area (Å²) in [6.45, 7) is 3.89. The first-order valence-electron chi connectivity index (χ1n) is 6.64. The molecule has 0 bridgehead atoms. The Kier molecular flexibility index (Phi) is 7.37. The summed E-state index contributed by atoms with van der Waals surface area (Å²) in [5.74, 6) is 0.281. The van der Waals surface area contributed by atoms with Gasteiger partial charge in [0.2, 0.25) is 11.9 Å². The SMILES string of the molecule is CC1(C)N=C(N)N=C(N)N1OC/C=C/c1cc(Br)c(Cl)cc1Cl.Cl. The molecule has 1 aliphatic rings. The topological polar surface area (TPSA) is 89.2 Å². The molecule has 24 heavy (non-hydrogen) atoms. The minimum Gasteiger partial charge on any atom is -0.368 e. The Hall–Kier alpha value is -0.990. The molecular formula is C14H17BrCl3N5O. The third-order valence-electron chi connectivity index (χ3n) is 2.96. The van der Waals surface area contributed by atoms with Crippen LogP contribution >= 0.6 is 51.5 Å². The van der Waals surface area contributed by atoms with E-state index >= 15 is 0 Å². The van der Waals surface area contributed by atoms with Gasteiger partial charge in [0, 0.05) is 9.50 Å². The number of rotatable bonds is 4. The van der Waals surface area contributed by atoms with E-state index in [0.717, 1.165) is 10.0 Å². The zero-order valence-corrected chi connectivity index (χ0v) is 16.9. The lowest BCUT2D eigenvalue weighted by Gasteiger charge is -2.36. The summed E-state index contributed by atoms with van der Waals surface area (Å²) in [4.78, 5) is 13.7. The van der Waals surface area contributed by atoms with Gasteiger partial charge in [-0.05, 0) is 47.5 Å². The highest BCUT2D eigenvalue weighted by Gasteiger charge is 2.32. The van der Waals surface area contributed by atoms with E-state index < -0.39 is 5.66 Å². The predicted octanol–water partition coefficient (Wildman–Crippen LogP) is 3.80. The summed E-state index contributed by atoms with van der Waals surface area (Å²) in [7, 11) is 0. The van der Waals surface area contributed by atoms with Crippen molar-refractivity contribution in [2.75, 3.05) is 6.61 Å². The number of guanidine groups is 2. The van der Waals surface area contributed by atoms with Gasteiger partial charge in [0.05, 0.1) is 11.6 Å². The standard InChI is InChI=1S/C14H16BrCl2N5O.ClH/c1-14(2)21-12(18)20-13(19)22(14)23-5-3-4-8-6-9(15)11(17)7-10(8)16;/h3-4,6-7H,5H2,1-2H3,(H4,18,19,20,21);1H/b4-3+;. The quantitative estimate of drug-likeness (QED) is 0.673. The molecule has 0 spiro atoms. The third-order valence-corrected chi connectivity index (χ3v) is 4.48. The Morgan fingerprint density at radius 1 is 1.29 bits per heavy atom. The second-order valence-corrected chi connectivity index (χ2v) is 6.88. The molecule has 2 rings (SSSR count). The van der Waals surface area contributed by atoms with E-state index in [2.05, 4.69) is 25.9 Å². The first-order valence-corrected chi connectivity index (χ1v) is 8.19. The molecular weight excluding hydrogens is 440 g/mol. The summed E-state index contributed by atoms with van der Waals surface area (Å²) >= 11 is 15.5. The molecule has 10 heteroatoms. The van der Waals surface area contributed by atoms with Crippen LogP contribution in [0.1, 0.15) is 19.4 Å². The first-order chi connectivity index (χ1) is 10.7. The van der Waals surface area contributed by atoms with Gasteiger partial charge in [-0.15, -0.1) is 12.4 Å². The van der Waals surface area contributed by atoms with Crippen molar-refractivity contribution >= 4 is 69.5 Å². The van der Waals surface area contributed by atoms with Gasteiger partial charge in [-0.1, -0.05) is 35.4 Å². The number of hydrogen-bond acceptors (Lipinski definition) is 6. The Labute approximate surface area is 165 Å². The van der Waals surface area contributed by atoms with Gasteiger partial charge in [0.15, 0.2) is 5.66 Å². The van der Waals surface area contributed by atoms with Gasteiger partial charge in [-0.25, -0.2) is 4.99 Å². The van der Waals surface area contributed by atoms with E-state index in [0.29, 0.717) is 10.0 Å². The Bertz CT molecular complexity index is 706. The van der Waals surface area contributed by atoms with Crippen LogP contribution in [0.4, 0.5) is 0 Å². The van der Waals surface area contributed by atoms with Crippen molar-refractivity contribution in [1.29, 1.82) is 0 Å². The summed E-state index contributed by atoms with van der Waals surface area (Å²) in [5, 5.41) is 2.51. The molecule has 132 valence electrons. The average Bonchev–Trinajstić information content (AvgIpc) is 2.41. The molecule has 1 aromatic carbocycles. The molecule has 0 saturated heterocycles. The largest absolute Gasteiger partial charge is 0.368 e. The maximum absolute atomic E-state index is 6.14. The molecule has 0 saturated carbocycles. The summed E-state index contributed by atoms with van der Waals surface area (Å²) in [5.41, 5.74) is 11.5. The molecule has 1 heterocycles. The van der Waals surface area contributed by atoms with E-state index in [9.17, 15) is 0 Å². The van der Waals surface area contributed by atoms with Gasteiger partial charge in [-0.2, -0.15) is 10.1 Å². The maximum Gasteiger partial charge on any atom is 0.226 e. The third kappa shape index (κ3) is 5.00. The molecule has 1 aliphatic heterocycles. The van der Waals surface area contributed by atoms with E-state index in [1.807, 2.05) is 26.0 Å². The molecule has 6 nitrogen and oxygen atoms in total. The second-order valence-electron chi connectivity index (χ2n) is 5.21. The normalized spacial score (nSPS) is 16.6. The molecule has 0 fully saturated rings.